The fourth-order valence-electron chi connectivity index (χ4n) is 3.75. The van der Waals surface area contributed by atoms with E-state index in [2.05, 4.69) is 15.4 Å². The second-order valence-electron chi connectivity index (χ2n) is 7.89. The largest absolute Gasteiger partial charge is 0.444 e. The van der Waals surface area contributed by atoms with Gasteiger partial charge in [0.2, 0.25) is 5.89 Å². The van der Waals surface area contributed by atoms with Crippen LogP contribution in [0, 0.1) is 5.82 Å². The maximum atomic E-state index is 14.8. The van der Waals surface area contributed by atoms with Crippen LogP contribution in [0.3, 0.4) is 0 Å². The third-order valence-corrected chi connectivity index (χ3v) is 5.27. The molecule has 3 heterocycles. The number of hydrogen-bond donors (Lipinski definition) is 2. The van der Waals surface area contributed by atoms with E-state index >= 15 is 0 Å². The van der Waals surface area contributed by atoms with Gasteiger partial charge in [0.15, 0.2) is 0 Å². The van der Waals surface area contributed by atoms with Gasteiger partial charge in [-0.15, -0.1) is 0 Å². The van der Waals surface area contributed by atoms with Gasteiger partial charge >= 0.3 is 6.18 Å². The highest BCUT2D eigenvalue weighted by Gasteiger charge is 2.37. The van der Waals surface area contributed by atoms with Crippen molar-refractivity contribution in [2.45, 2.75) is 38.3 Å². The Morgan fingerprint density at radius 2 is 2.03 bits per heavy atom. The molecule has 184 valence electrons. The standard InChI is InChI=1S/C22H18F5N5O3/c1-11(30-17-9-29-31-19(33)18(17)22(25,26)27)6-13(23)10-32-4-2-12-7-15(20-28-3-5-35-20)16(24)8-14(12)21(32)34/h2-5,7-9,11,13H,6,10H2,1H3,(H2,30,31,33)/t11-,13+/m1/s1. The lowest BCUT2D eigenvalue weighted by Gasteiger charge is -2.20. The minimum atomic E-state index is -4.94. The normalized spacial score (nSPS) is 13.7. The molecule has 0 radical (unpaired) electrons. The number of aromatic amines is 1. The predicted molar refractivity (Wildman–Crippen MR) is 116 cm³/mol. The molecule has 0 fully saturated rings. The van der Waals surface area contributed by atoms with Crippen molar-refractivity contribution in [1.29, 1.82) is 0 Å². The first kappa shape index (κ1) is 24.1. The number of pyridine rings is 1. The minimum Gasteiger partial charge on any atom is -0.444 e. The minimum absolute atomic E-state index is 0.0167. The zero-order valence-corrected chi connectivity index (χ0v) is 18.1. The predicted octanol–water partition coefficient (Wildman–Crippen LogP) is 4.13. The van der Waals surface area contributed by atoms with Gasteiger partial charge in [-0.25, -0.2) is 18.9 Å². The number of nitrogens with one attached hydrogen (secondary N) is 2. The molecular formula is C22H18F5N5O3. The lowest BCUT2D eigenvalue weighted by Crippen LogP contribution is -2.30. The monoisotopic (exact) mass is 495 g/mol. The molecule has 0 aliphatic rings. The smallest absolute Gasteiger partial charge is 0.423 e. The molecule has 4 aromatic rings. The number of rotatable bonds is 7. The van der Waals surface area contributed by atoms with Gasteiger partial charge in [-0.1, -0.05) is 0 Å². The van der Waals surface area contributed by atoms with Gasteiger partial charge in [0.05, 0.1) is 35.6 Å². The van der Waals surface area contributed by atoms with Crippen LogP contribution < -0.4 is 16.4 Å². The SMILES string of the molecule is C[C@H](C[C@H](F)Cn1ccc2cc(-c3ncco3)c(F)cc2c1=O)Nc1cn[nH]c(=O)c1C(F)(F)F. The molecule has 2 atom stereocenters. The number of anilines is 1. The molecule has 13 heteroatoms. The summed E-state index contributed by atoms with van der Waals surface area (Å²) in [7, 11) is 0. The van der Waals surface area contributed by atoms with Gasteiger partial charge in [0, 0.05) is 18.7 Å². The van der Waals surface area contributed by atoms with Crippen LogP contribution >= 0.6 is 0 Å². The van der Waals surface area contributed by atoms with Crippen LogP contribution in [0.2, 0.25) is 0 Å². The number of hydrogen-bond acceptors (Lipinski definition) is 6. The molecule has 4 rings (SSSR count). The Bertz CT molecular complexity index is 1460. The molecule has 3 aromatic heterocycles. The Labute approximate surface area is 193 Å². The Morgan fingerprint density at radius 1 is 1.26 bits per heavy atom. The van der Waals surface area contributed by atoms with Crippen molar-refractivity contribution in [3.05, 3.63) is 75.1 Å². The second kappa shape index (κ2) is 9.31. The fraction of sp³-hybridized carbons (Fsp3) is 0.273. The van der Waals surface area contributed by atoms with Crippen LogP contribution in [0.4, 0.5) is 27.6 Å². The summed E-state index contributed by atoms with van der Waals surface area (Å²) in [5.74, 6) is -0.695. The van der Waals surface area contributed by atoms with Crippen molar-refractivity contribution in [3.8, 4) is 11.5 Å². The molecule has 0 aliphatic carbocycles. The molecule has 0 saturated carbocycles. The molecule has 0 bridgehead atoms. The molecule has 1 aromatic carbocycles. The number of aromatic nitrogens is 4. The number of nitrogens with zero attached hydrogens (tertiary/aromatic N) is 3. The first-order valence-electron chi connectivity index (χ1n) is 10.3. The highest BCUT2D eigenvalue weighted by molar-refractivity contribution is 5.85. The van der Waals surface area contributed by atoms with E-state index in [0.717, 1.165) is 16.8 Å². The summed E-state index contributed by atoms with van der Waals surface area (Å²) in [4.78, 5) is 28.2. The maximum absolute atomic E-state index is 14.8. The van der Waals surface area contributed by atoms with Crippen LogP contribution in [-0.4, -0.2) is 32.0 Å². The summed E-state index contributed by atoms with van der Waals surface area (Å²) in [6, 6.07) is 3.08. The molecule has 8 nitrogen and oxygen atoms in total. The number of halogens is 5. The van der Waals surface area contributed by atoms with E-state index in [9.17, 15) is 31.5 Å². The quantitative estimate of drug-likeness (QED) is 0.374. The van der Waals surface area contributed by atoms with Gasteiger partial charge in [-0.2, -0.15) is 18.3 Å². The highest BCUT2D eigenvalue weighted by atomic mass is 19.4. The molecule has 0 spiro atoms. The van der Waals surface area contributed by atoms with Gasteiger partial charge in [0.1, 0.15) is 23.8 Å². The van der Waals surface area contributed by atoms with Crippen LogP contribution in [0.1, 0.15) is 18.9 Å². The molecule has 35 heavy (non-hydrogen) atoms. The average molecular weight is 495 g/mol. The Morgan fingerprint density at radius 3 is 2.71 bits per heavy atom. The third-order valence-electron chi connectivity index (χ3n) is 5.27. The number of H-pyrrole nitrogens is 1. The Kier molecular flexibility index (Phi) is 6.41. The van der Waals surface area contributed by atoms with Crippen LogP contribution in [0.25, 0.3) is 22.2 Å². The Balaban J connectivity index is 1.50. The maximum Gasteiger partial charge on any atom is 0.423 e. The number of alkyl halides is 4. The van der Waals surface area contributed by atoms with Crippen molar-refractivity contribution < 1.29 is 26.4 Å². The van der Waals surface area contributed by atoms with E-state index in [4.69, 9.17) is 4.42 Å². The molecule has 0 saturated heterocycles. The number of fused-ring (bicyclic) bond motifs is 1. The van der Waals surface area contributed by atoms with E-state index in [1.807, 2.05) is 0 Å². The lowest BCUT2D eigenvalue weighted by molar-refractivity contribution is -0.138. The van der Waals surface area contributed by atoms with E-state index in [1.165, 1.54) is 37.7 Å². The van der Waals surface area contributed by atoms with E-state index in [-0.39, 0.29) is 23.3 Å². The van der Waals surface area contributed by atoms with E-state index < -0.39 is 53.1 Å². The molecular weight excluding hydrogens is 477 g/mol. The summed E-state index contributed by atoms with van der Waals surface area (Å²) in [6.45, 7) is 1.01. The molecule has 0 aliphatic heterocycles. The lowest BCUT2D eigenvalue weighted by atomic mass is 10.1. The summed E-state index contributed by atoms with van der Waals surface area (Å²) >= 11 is 0. The van der Waals surface area contributed by atoms with Crippen LogP contribution in [0.15, 0.2) is 57.1 Å². The number of oxazole rings is 1. The topological polar surface area (TPSA) is 106 Å². The summed E-state index contributed by atoms with van der Waals surface area (Å²) in [6.07, 6.45) is -2.10. The first-order valence-corrected chi connectivity index (χ1v) is 10.3. The van der Waals surface area contributed by atoms with Crippen molar-refractivity contribution in [2.75, 3.05) is 5.32 Å². The molecule has 2 N–H and O–H groups in total. The van der Waals surface area contributed by atoms with Crippen molar-refractivity contribution in [2.24, 2.45) is 0 Å². The van der Waals surface area contributed by atoms with E-state index in [0.29, 0.717) is 5.39 Å². The Hall–Kier alpha value is -4.03. The van der Waals surface area contributed by atoms with Crippen molar-refractivity contribution in [3.63, 3.8) is 0 Å². The zero-order valence-electron chi connectivity index (χ0n) is 18.1. The van der Waals surface area contributed by atoms with Crippen LogP contribution in [-0.2, 0) is 12.7 Å². The summed E-state index contributed by atoms with van der Waals surface area (Å²) in [5.41, 5.74) is -4.04. The van der Waals surface area contributed by atoms with Gasteiger partial charge in [-0.05, 0) is 30.5 Å². The molecule has 0 amide bonds. The zero-order chi connectivity index (χ0) is 25.3. The van der Waals surface area contributed by atoms with Gasteiger partial charge < -0.3 is 14.3 Å². The highest BCUT2D eigenvalue weighted by Crippen LogP contribution is 2.32. The first-order chi connectivity index (χ1) is 16.5. The number of benzene rings is 1. The second-order valence-corrected chi connectivity index (χ2v) is 7.89. The van der Waals surface area contributed by atoms with Gasteiger partial charge in [-0.3, -0.25) is 9.59 Å². The van der Waals surface area contributed by atoms with Crippen molar-refractivity contribution in [1.82, 2.24) is 19.7 Å². The summed E-state index contributed by atoms with van der Waals surface area (Å²) in [5, 5.41) is 7.93. The third kappa shape index (κ3) is 5.08. The summed E-state index contributed by atoms with van der Waals surface area (Å²) < 4.78 is 75.0. The average Bonchev–Trinajstić information content (AvgIpc) is 3.29. The van der Waals surface area contributed by atoms with Crippen LogP contribution in [0.5, 0.6) is 0 Å². The molecule has 0 unspecified atom stereocenters. The van der Waals surface area contributed by atoms with E-state index in [1.54, 1.807) is 5.10 Å². The van der Waals surface area contributed by atoms with Crippen molar-refractivity contribution >= 4 is 16.5 Å². The van der Waals surface area contributed by atoms with Gasteiger partial charge in [0.25, 0.3) is 11.1 Å². The fourth-order valence-corrected chi connectivity index (χ4v) is 3.75.